The molecule has 0 aromatic heterocycles. The Bertz CT molecular complexity index is 247. The molecule has 0 heterocycles. The van der Waals surface area contributed by atoms with Crippen molar-refractivity contribution < 1.29 is 14.7 Å². The van der Waals surface area contributed by atoms with Crippen LogP contribution in [0.5, 0.6) is 0 Å². The van der Waals surface area contributed by atoms with E-state index in [4.69, 9.17) is 0 Å². The van der Waals surface area contributed by atoms with Crippen molar-refractivity contribution in [3.8, 4) is 0 Å². The van der Waals surface area contributed by atoms with Gasteiger partial charge in [0.15, 0.2) is 0 Å². The second kappa shape index (κ2) is 5.11. The first-order valence-electron chi connectivity index (χ1n) is 5.22. The average Bonchev–Trinajstić information content (AvgIpc) is 2.67. The molecule has 15 heavy (non-hydrogen) atoms. The molecule has 0 spiro atoms. The van der Waals surface area contributed by atoms with Crippen LogP contribution in [0.2, 0.25) is 0 Å². The van der Waals surface area contributed by atoms with E-state index in [0.717, 1.165) is 25.7 Å². The van der Waals surface area contributed by atoms with Gasteiger partial charge in [0.2, 0.25) is 6.10 Å². The van der Waals surface area contributed by atoms with Gasteiger partial charge in [0.25, 0.3) is 11.8 Å². The van der Waals surface area contributed by atoms with E-state index >= 15 is 0 Å². The fraction of sp³-hybridized carbons (Fsp3) is 0.800. The molecule has 0 bridgehead atoms. The zero-order valence-corrected chi connectivity index (χ0v) is 9.19. The fourth-order valence-electron chi connectivity index (χ4n) is 1.71. The lowest BCUT2D eigenvalue weighted by Gasteiger charge is -2.18. The molecule has 1 saturated carbocycles. The minimum absolute atomic E-state index is 0.127. The van der Waals surface area contributed by atoms with Crippen molar-refractivity contribution in [2.24, 2.45) is 0 Å². The van der Waals surface area contributed by atoms with Crippen molar-refractivity contribution in [2.45, 2.75) is 37.8 Å². The van der Waals surface area contributed by atoms with Crippen LogP contribution in [0.1, 0.15) is 25.7 Å². The normalized spacial score (nSPS) is 18.6. The van der Waals surface area contributed by atoms with Crippen LogP contribution in [0.15, 0.2) is 0 Å². The van der Waals surface area contributed by atoms with Crippen LogP contribution < -0.4 is 5.32 Å². The SMILES string of the molecule is CN(C)C(=O)C(O)C(=O)NC1CCCC1. The van der Waals surface area contributed by atoms with E-state index in [1.807, 2.05) is 0 Å². The molecule has 1 fully saturated rings. The molecule has 1 aliphatic carbocycles. The lowest BCUT2D eigenvalue weighted by molar-refractivity contribution is -0.146. The highest BCUT2D eigenvalue weighted by Crippen LogP contribution is 2.17. The maximum Gasteiger partial charge on any atom is 0.260 e. The van der Waals surface area contributed by atoms with Gasteiger partial charge in [0.05, 0.1) is 0 Å². The van der Waals surface area contributed by atoms with Gasteiger partial charge in [0, 0.05) is 20.1 Å². The van der Waals surface area contributed by atoms with Crippen LogP contribution >= 0.6 is 0 Å². The number of rotatable bonds is 3. The van der Waals surface area contributed by atoms with Crippen molar-refractivity contribution in [1.82, 2.24) is 10.2 Å². The predicted octanol–water partition coefficient (Wildman–Crippen LogP) is -0.506. The summed E-state index contributed by atoms with van der Waals surface area (Å²) in [5.74, 6) is -1.16. The summed E-state index contributed by atoms with van der Waals surface area (Å²) in [5, 5.41) is 12.1. The number of likely N-dealkylation sites (N-methyl/N-ethyl adjacent to an activating group) is 1. The summed E-state index contributed by atoms with van der Waals surface area (Å²) in [5.41, 5.74) is 0. The van der Waals surface area contributed by atoms with Crippen LogP contribution in [0, 0.1) is 0 Å². The lowest BCUT2D eigenvalue weighted by atomic mass is 10.2. The molecular formula is C10H18N2O3. The molecule has 0 radical (unpaired) electrons. The first-order chi connectivity index (χ1) is 7.02. The molecule has 1 aliphatic rings. The number of aliphatic hydroxyl groups is 1. The smallest absolute Gasteiger partial charge is 0.260 e. The quantitative estimate of drug-likeness (QED) is 0.622. The molecule has 0 aromatic carbocycles. The Morgan fingerprint density at radius 2 is 1.87 bits per heavy atom. The Balaban J connectivity index is 2.41. The van der Waals surface area contributed by atoms with Crippen LogP contribution in [-0.4, -0.2) is 48.1 Å². The first kappa shape index (κ1) is 12.0. The zero-order valence-electron chi connectivity index (χ0n) is 9.19. The summed E-state index contributed by atoms with van der Waals surface area (Å²) in [4.78, 5) is 23.9. The van der Waals surface area contributed by atoms with Gasteiger partial charge < -0.3 is 15.3 Å². The number of carbonyl (C=O) groups excluding carboxylic acids is 2. The number of carbonyl (C=O) groups is 2. The molecular weight excluding hydrogens is 196 g/mol. The minimum Gasteiger partial charge on any atom is -0.375 e. The first-order valence-corrected chi connectivity index (χ1v) is 5.22. The summed E-state index contributed by atoms with van der Waals surface area (Å²) in [7, 11) is 3.02. The van der Waals surface area contributed by atoms with Crippen LogP contribution in [0.3, 0.4) is 0 Å². The van der Waals surface area contributed by atoms with E-state index < -0.39 is 17.9 Å². The third kappa shape index (κ3) is 3.20. The maximum atomic E-state index is 11.4. The second-order valence-corrected chi connectivity index (χ2v) is 4.13. The number of hydrogen-bond acceptors (Lipinski definition) is 3. The topological polar surface area (TPSA) is 69.6 Å². The van der Waals surface area contributed by atoms with Gasteiger partial charge in [-0.3, -0.25) is 9.59 Å². The monoisotopic (exact) mass is 214 g/mol. The molecule has 5 nitrogen and oxygen atoms in total. The van der Waals surface area contributed by atoms with Gasteiger partial charge in [-0.2, -0.15) is 0 Å². The third-order valence-electron chi connectivity index (χ3n) is 2.62. The molecule has 1 atom stereocenters. The highest BCUT2D eigenvalue weighted by molar-refractivity contribution is 6.02. The standard InChI is InChI=1S/C10H18N2O3/c1-12(2)10(15)8(13)9(14)11-7-5-3-4-6-7/h7-8,13H,3-6H2,1-2H3,(H,11,14). The number of aliphatic hydroxyl groups excluding tert-OH is 1. The Labute approximate surface area is 89.4 Å². The summed E-state index contributed by atoms with van der Waals surface area (Å²) in [6, 6.07) is 0.127. The van der Waals surface area contributed by atoms with E-state index in [0.29, 0.717) is 0 Å². The molecule has 86 valence electrons. The number of hydrogen-bond donors (Lipinski definition) is 2. The molecule has 0 aliphatic heterocycles. The van der Waals surface area contributed by atoms with E-state index in [1.54, 1.807) is 0 Å². The third-order valence-corrected chi connectivity index (χ3v) is 2.62. The summed E-state index contributed by atoms with van der Waals surface area (Å²) in [6.45, 7) is 0. The Morgan fingerprint density at radius 3 is 2.33 bits per heavy atom. The van der Waals surface area contributed by atoms with Gasteiger partial charge in [-0.25, -0.2) is 0 Å². The Hall–Kier alpha value is -1.10. The van der Waals surface area contributed by atoms with Gasteiger partial charge in [0.1, 0.15) is 0 Å². The van der Waals surface area contributed by atoms with E-state index in [2.05, 4.69) is 5.32 Å². The highest BCUT2D eigenvalue weighted by Gasteiger charge is 2.27. The molecule has 2 amide bonds. The summed E-state index contributed by atoms with van der Waals surface area (Å²) >= 11 is 0. The van der Waals surface area contributed by atoms with Crippen molar-refractivity contribution >= 4 is 11.8 Å². The van der Waals surface area contributed by atoms with Gasteiger partial charge in [-0.1, -0.05) is 12.8 Å². The van der Waals surface area contributed by atoms with Crippen LogP contribution in [0.4, 0.5) is 0 Å². The van der Waals surface area contributed by atoms with E-state index in [1.165, 1.54) is 19.0 Å². The Morgan fingerprint density at radius 1 is 1.33 bits per heavy atom. The summed E-state index contributed by atoms with van der Waals surface area (Å²) in [6.07, 6.45) is 2.51. The number of amides is 2. The second-order valence-electron chi connectivity index (χ2n) is 4.13. The average molecular weight is 214 g/mol. The van der Waals surface area contributed by atoms with Crippen molar-refractivity contribution in [2.75, 3.05) is 14.1 Å². The van der Waals surface area contributed by atoms with E-state index in [9.17, 15) is 14.7 Å². The highest BCUT2D eigenvalue weighted by atomic mass is 16.3. The molecule has 2 N–H and O–H groups in total. The number of nitrogens with zero attached hydrogens (tertiary/aromatic N) is 1. The van der Waals surface area contributed by atoms with Crippen molar-refractivity contribution in [1.29, 1.82) is 0 Å². The molecule has 5 heteroatoms. The minimum atomic E-state index is -1.57. The molecule has 1 rings (SSSR count). The fourth-order valence-corrected chi connectivity index (χ4v) is 1.71. The number of nitrogens with one attached hydrogen (secondary N) is 1. The van der Waals surface area contributed by atoms with Gasteiger partial charge >= 0.3 is 0 Å². The largest absolute Gasteiger partial charge is 0.375 e. The lowest BCUT2D eigenvalue weighted by Crippen LogP contribution is -2.47. The summed E-state index contributed by atoms with van der Waals surface area (Å²) < 4.78 is 0. The van der Waals surface area contributed by atoms with Crippen molar-refractivity contribution in [3.05, 3.63) is 0 Å². The van der Waals surface area contributed by atoms with Crippen LogP contribution in [0.25, 0.3) is 0 Å². The maximum absolute atomic E-state index is 11.4. The molecule has 0 aromatic rings. The van der Waals surface area contributed by atoms with E-state index in [-0.39, 0.29) is 6.04 Å². The van der Waals surface area contributed by atoms with Gasteiger partial charge in [-0.05, 0) is 12.8 Å². The molecule has 0 saturated heterocycles. The zero-order chi connectivity index (χ0) is 11.4. The van der Waals surface area contributed by atoms with Crippen LogP contribution in [-0.2, 0) is 9.59 Å². The Kier molecular flexibility index (Phi) is 4.08. The molecule has 1 unspecified atom stereocenters. The van der Waals surface area contributed by atoms with Crippen molar-refractivity contribution in [3.63, 3.8) is 0 Å². The van der Waals surface area contributed by atoms with Gasteiger partial charge in [-0.15, -0.1) is 0 Å². The predicted molar refractivity (Wildman–Crippen MR) is 55.1 cm³/mol.